The van der Waals surface area contributed by atoms with E-state index >= 15 is 0 Å². The first-order valence-electron chi connectivity index (χ1n) is 10.1. The molecule has 2 N–H and O–H groups in total. The van der Waals surface area contributed by atoms with E-state index in [9.17, 15) is 23.5 Å². The predicted molar refractivity (Wildman–Crippen MR) is 114 cm³/mol. The van der Waals surface area contributed by atoms with Gasteiger partial charge >= 0.3 is 6.01 Å². The van der Waals surface area contributed by atoms with Crippen LogP contribution in [0.15, 0.2) is 29.4 Å². The molecule has 1 atom stereocenters. The van der Waals surface area contributed by atoms with Crippen LogP contribution >= 0.6 is 10.6 Å². The van der Waals surface area contributed by atoms with Gasteiger partial charge in [0.2, 0.25) is 0 Å². The monoisotopic (exact) mass is 444 g/mol. The van der Waals surface area contributed by atoms with E-state index in [0.717, 1.165) is 0 Å². The predicted octanol–water partition coefficient (Wildman–Crippen LogP) is 3.85. The Morgan fingerprint density at radius 1 is 1.13 bits per heavy atom. The zero-order valence-corrected chi connectivity index (χ0v) is 18.1. The molecule has 0 bridgehead atoms. The highest BCUT2D eigenvalue weighted by molar-refractivity contribution is 8.24. The molecule has 1 aromatic heterocycles. The van der Waals surface area contributed by atoms with Crippen molar-refractivity contribution in [3.8, 4) is 6.01 Å². The summed E-state index contributed by atoms with van der Waals surface area (Å²) >= 11 is 0. The van der Waals surface area contributed by atoms with Gasteiger partial charge in [0.1, 0.15) is 12.0 Å². The third kappa shape index (κ3) is 3.88. The standard InChI is InChI=1S/C22H24N2O6S/c1-12-11-14(20(27)19-15(25)5-3-6-16(19)26)13(2)18-17(7-10-31(28,29)21(12)18)30-22-23-8-4-9-24-22/h4,8-9,11,17,19,28-29H,3,5-7,10H2,1-2H3. The van der Waals surface area contributed by atoms with Crippen molar-refractivity contribution in [2.24, 2.45) is 5.92 Å². The minimum absolute atomic E-state index is 0.116. The molecule has 1 fully saturated rings. The van der Waals surface area contributed by atoms with Crippen molar-refractivity contribution in [3.05, 3.63) is 46.8 Å². The van der Waals surface area contributed by atoms with Gasteiger partial charge < -0.3 is 4.74 Å². The highest BCUT2D eigenvalue weighted by Crippen LogP contribution is 2.58. The van der Waals surface area contributed by atoms with E-state index in [4.69, 9.17) is 4.74 Å². The van der Waals surface area contributed by atoms with E-state index in [2.05, 4.69) is 9.97 Å². The highest BCUT2D eigenvalue weighted by Gasteiger charge is 2.40. The Morgan fingerprint density at radius 3 is 2.42 bits per heavy atom. The van der Waals surface area contributed by atoms with Crippen LogP contribution in [0.2, 0.25) is 0 Å². The molecule has 4 rings (SSSR count). The maximum Gasteiger partial charge on any atom is 0.316 e. The smallest absolute Gasteiger partial charge is 0.316 e. The molecule has 1 aliphatic heterocycles. The average Bonchev–Trinajstić information content (AvgIpc) is 2.72. The Hall–Kier alpha value is -2.62. The summed E-state index contributed by atoms with van der Waals surface area (Å²) < 4.78 is 27.4. The van der Waals surface area contributed by atoms with Crippen molar-refractivity contribution < 1.29 is 28.2 Å². The third-order valence-electron chi connectivity index (χ3n) is 5.89. The number of ether oxygens (including phenoxy) is 1. The molecule has 1 aromatic carbocycles. The first kappa shape index (κ1) is 21.6. The van der Waals surface area contributed by atoms with Crippen LogP contribution in [0.5, 0.6) is 6.01 Å². The summed E-state index contributed by atoms with van der Waals surface area (Å²) in [4.78, 5) is 46.5. The van der Waals surface area contributed by atoms with Gasteiger partial charge in [-0.05, 0) is 43.5 Å². The summed E-state index contributed by atoms with van der Waals surface area (Å²) in [6, 6.07) is 3.35. The summed E-state index contributed by atoms with van der Waals surface area (Å²) in [6.07, 6.45) is 3.67. The number of nitrogens with zero attached hydrogens (tertiary/aromatic N) is 2. The number of aryl methyl sites for hydroxylation is 1. The van der Waals surface area contributed by atoms with Gasteiger partial charge in [0.25, 0.3) is 0 Å². The number of carbonyl (C=O) groups excluding carboxylic acids is 3. The Kier molecular flexibility index (Phi) is 5.67. The van der Waals surface area contributed by atoms with Crippen molar-refractivity contribution in [3.63, 3.8) is 0 Å². The van der Waals surface area contributed by atoms with Crippen molar-refractivity contribution in [2.75, 3.05) is 5.75 Å². The highest BCUT2D eigenvalue weighted by atomic mass is 32.3. The molecule has 0 radical (unpaired) electrons. The van der Waals surface area contributed by atoms with Crippen LogP contribution in [0.4, 0.5) is 0 Å². The zero-order chi connectivity index (χ0) is 22.3. The van der Waals surface area contributed by atoms with Gasteiger partial charge in [0.15, 0.2) is 17.3 Å². The van der Waals surface area contributed by atoms with Gasteiger partial charge in [-0.1, -0.05) is 0 Å². The lowest BCUT2D eigenvalue weighted by atomic mass is 9.79. The van der Waals surface area contributed by atoms with Gasteiger partial charge in [0.05, 0.1) is 4.90 Å². The van der Waals surface area contributed by atoms with Crippen molar-refractivity contribution in [2.45, 2.75) is 50.5 Å². The molecule has 2 aromatic rings. The topological polar surface area (TPSA) is 127 Å². The van der Waals surface area contributed by atoms with Crippen molar-refractivity contribution >= 4 is 27.9 Å². The van der Waals surface area contributed by atoms with E-state index in [1.54, 1.807) is 26.0 Å². The van der Waals surface area contributed by atoms with Crippen LogP contribution < -0.4 is 4.74 Å². The molecular weight excluding hydrogens is 420 g/mol. The van der Waals surface area contributed by atoms with E-state index in [0.29, 0.717) is 34.4 Å². The number of carbonyl (C=O) groups is 3. The number of Topliss-reactive ketones (excluding diaryl/α,β-unsaturated/α-hetero) is 3. The first-order chi connectivity index (χ1) is 14.7. The maximum absolute atomic E-state index is 13.3. The quantitative estimate of drug-likeness (QED) is 0.538. The zero-order valence-electron chi connectivity index (χ0n) is 17.3. The molecule has 2 aliphatic rings. The lowest BCUT2D eigenvalue weighted by Gasteiger charge is -2.42. The molecule has 1 aliphatic carbocycles. The van der Waals surface area contributed by atoms with E-state index in [-0.39, 0.29) is 41.7 Å². The lowest BCUT2D eigenvalue weighted by Crippen LogP contribution is -2.36. The third-order valence-corrected chi connectivity index (χ3v) is 7.89. The number of benzene rings is 1. The van der Waals surface area contributed by atoms with Gasteiger partial charge in [-0.25, -0.2) is 9.97 Å². The lowest BCUT2D eigenvalue weighted by molar-refractivity contribution is -0.133. The fraction of sp³-hybridized carbons (Fsp3) is 0.409. The summed E-state index contributed by atoms with van der Waals surface area (Å²) in [7, 11) is -3.08. The largest absolute Gasteiger partial charge is 0.455 e. The van der Waals surface area contributed by atoms with Crippen LogP contribution in [0.3, 0.4) is 0 Å². The van der Waals surface area contributed by atoms with E-state index in [1.165, 1.54) is 12.4 Å². The summed E-state index contributed by atoms with van der Waals surface area (Å²) in [5.41, 5.74) is 1.74. The molecule has 0 amide bonds. The molecular formula is C22H24N2O6S. The molecule has 0 spiro atoms. The van der Waals surface area contributed by atoms with Gasteiger partial charge in [0, 0.05) is 48.5 Å². The van der Waals surface area contributed by atoms with Crippen molar-refractivity contribution in [1.82, 2.24) is 9.97 Å². The molecule has 8 nitrogen and oxygen atoms in total. The Labute approximate surface area is 181 Å². The molecule has 164 valence electrons. The average molecular weight is 445 g/mol. The van der Waals surface area contributed by atoms with Crippen LogP contribution in [0, 0.1) is 19.8 Å². The molecule has 9 heteroatoms. The Morgan fingerprint density at radius 2 is 1.77 bits per heavy atom. The van der Waals surface area contributed by atoms with E-state index < -0.39 is 28.4 Å². The minimum Gasteiger partial charge on any atom is -0.455 e. The van der Waals surface area contributed by atoms with Crippen LogP contribution in [0.25, 0.3) is 0 Å². The van der Waals surface area contributed by atoms with E-state index in [1.807, 2.05) is 0 Å². The van der Waals surface area contributed by atoms with Crippen LogP contribution in [0.1, 0.15) is 58.8 Å². The molecule has 31 heavy (non-hydrogen) atoms. The number of fused-ring (bicyclic) bond motifs is 1. The van der Waals surface area contributed by atoms with Gasteiger partial charge in [-0.2, -0.15) is 10.6 Å². The molecule has 0 saturated heterocycles. The molecule has 1 saturated carbocycles. The summed E-state index contributed by atoms with van der Waals surface area (Å²) in [5.74, 6) is -2.41. The van der Waals surface area contributed by atoms with Crippen molar-refractivity contribution in [1.29, 1.82) is 0 Å². The normalized spacial score (nSPS) is 22.0. The van der Waals surface area contributed by atoms with Crippen LogP contribution in [-0.4, -0.2) is 42.2 Å². The number of ketones is 3. The fourth-order valence-electron chi connectivity index (χ4n) is 4.46. The van der Waals surface area contributed by atoms with Gasteiger partial charge in [-0.3, -0.25) is 23.5 Å². The fourth-order valence-corrected chi connectivity index (χ4v) is 6.42. The second kappa shape index (κ2) is 8.14. The second-order valence-corrected chi connectivity index (χ2v) is 10.1. The Bertz CT molecular complexity index is 1050. The first-order valence-corrected chi connectivity index (χ1v) is 11.9. The SMILES string of the molecule is Cc1cc(C(=O)C2C(=O)CCCC2=O)c(C)c2c1S(O)(O)CCC2Oc1ncccn1. The summed E-state index contributed by atoms with van der Waals surface area (Å²) in [5, 5.41) is 0. The molecule has 1 unspecified atom stereocenters. The molecule has 2 heterocycles. The second-order valence-electron chi connectivity index (χ2n) is 7.99. The number of aromatic nitrogens is 2. The van der Waals surface area contributed by atoms with Crippen LogP contribution in [-0.2, 0) is 9.59 Å². The summed E-state index contributed by atoms with van der Waals surface area (Å²) in [6.45, 7) is 3.38. The Balaban J connectivity index is 1.82. The maximum atomic E-state index is 13.3. The minimum atomic E-state index is -3.08. The number of hydrogen-bond acceptors (Lipinski definition) is 8. The van der Waals surface area contributed by atoms with Gasteiger partial charge in [-0.15, -0.1) is 0 Å². The number of hydrogen-bond donors (Lipinski definition) is 2. The number of rotatable bonds is 4.